The number of ether oxygens (including phenoxy) is 2. The third-order valence-electron chi connectivity index (χ3n) is 4.04. The van der Waals surface area contributed by atoms with E-state index in [9.17, 15) is 13.2 Å². The molecule has 22 heavy (non-hydrogen) atoms. The molecule has 0 radical (unpaired) electrons. The number of carbonyl (C=O) groups is 1. The van der Waals surface area contributed by atoms with Crippen LogP contribution in [0.5, 0.6) is 11.5 Å². The number of fused-ring (bicyclic) bond motifs is 1. The smallest absolute Gasteiger partial charge is 0.308 e. The fourth-order valence-corrected chi connectivity index (χ4v) is 4.54. The molecule has 1 aromatic rings. The number of benzene rings is 1. The molecule has 0 aromatic heterocycles. The average Bonchev–Trinajstić information content (AvgIpc) is 2.89. The summed E-state index contributed by atoms with van der Waals surface area (Å²) in [6, 6.07) is 4.70. The van der Waals surface area contributed by atoms with E-state index in [1.54, 1.807) is 19.1 Å². The Bertz CT molecular complexity index is 701. The molecule has 2 aliphatic rings. The van der Waals surface area contributed by atoms with Gasteiger partial charge in [-0.1, -0.05) is 13.0 Å². The highest BCUT2D eigenvalue weighted by molar-refractivity contribution is 7.89. The van der Waals surface area contributed by atoms with Gasteiger partial charge in [-0.2, -0.15) is 4.31 Å². The van der Waals surface area contributed by atoms with Crippen molar-refractivity contribution in [1.82, 2.24) is 4.31 Å². The van der Waals surface area contributed by atoms with Crippen LogP contribution in [-0.4, -0.2) is 50.1 Å². The molecule has 7 nitrogen and oxygen atoms in total. The van der Waals surface area contributed by atoms with Crippen molar-refractivity contribution >= 4 is 16.0 Å². The lowest BCUT2D eigenvalue weighted by Gasteiger charge is -2.23. The number of nitrogens with zero attached hydrogens (tertiary/aromatic N) is 1. The fourth-order valence-electron chi connectivity index (χ4n) is 2.83. The Balaban J connectivity index is 1.96. The summed E-state index contributed by atoms with van der Waals surface area (Å²) < 4.78 is 37.7. The standard InChI is InChI=1S/C14H17NO6S/c1-9-7-15(8-10(9)14(16)17)22(18,19)12-4-2-3-11-13(12)21-6-5-20-11/h2-4,9-10H,5-8H2,1H3,(H,16,17)/t9-,10-/m1/s1. The SMILES string of the molecule is C[C@@H]1CN(S(=O)(=O)c2cccc3c2OCCO3)C[C@H]1C(=O)O. The van der Waals surface area contributed by atoms with Crippen LogP contribution < -0.4 is 9.47 Å². The summed E-state index contributed by atoms with van der Waals surface area (Å²) in [5.74, 6) is -1.29. The highest BCUT2D eigenvalue weighted by Crippen LogP contribution is 2.39. The van der Waals surface area contributed by atoms with E-state index in [1.807, 2.05) is 0 Å². The van der Waals surface area contributed by atoms with Gasteiger partial charge >= 0.3 is 5.97 Å². The van der Waals surface area contributed by atoms with Gasteiger partial charge < -0.3 is 14.6 Å². The first-order valence-electron chi connectivity index (χ1n) is 7.03. The molecular formula is C14H17NO6S. The van der Waals surface area contributed by atoms with Crippen molar-refractivity contribution in [1.29, 1.82) is 0 Å². The van der Waals surface area contributed by atoms with Gasteiger partial charge in [0.05, 0.1) is 5.92 Å². The Labute approximate surface area is 128 Å². The van der Waals surface area contributed by atoms with Gasteiger partial charge in [-0.05, 0) is 18.1 Å². The minimum absolute atomic E-state index is 0.0244. The second-order valence-corrected chi connectivity index (χ2v) is 7.43. The molecule has 3 rings (SSSR count). The van der Waals surface area contributed by atoms with E-state index in [4.69, 9.17) is 14.6 Å². The maximum absolute atomic E-state index is 12.8. The molecule has 1 fully saturated rings. The van der Waals surface area contributed by atoms with E-state index in [-0.39, 0.29) is 36.3 Å². The van der Waals surface area contributed by atoms with E-state index in [0.29, 0.717) is 12.4 Å². The summed E-state index contributed by atoms with van der Waals surface area (Å²) in [5, 5.41) is 9.16. The number of carboxylic acid groups (broad SMARTS) is 1. The maximum atomic E-state index is 12.8. The minimum atomic E-state index is -3.81. The van der Waals surface area contributed by atoms with E-state index in [0.717, 1.165) is 0 Å². The average molecular weight is 327 g/mol. The minimum Gasteiger partial charge on any atom is -0.486 e. The van der Waals surface area contributed by atoms with Crippen molar-refractivity contribution in [3.8, 4) is 11.5 Å². The summed E-state index contributed by atoms with van der Waals surface area (Å²) in [7, 11) is -3.81. The Morgan fingerprint density at radius 3 is 2.68 bits per heavy atom. The van der Waals surface area contributed by atoms with Crippen LogP contribution in [0.15, 0.2) is 23.1 Å². The maximum Gasteiger partial charge on any atom is 0.308 e. The fraction of sp³-hybridized carbons (Fsp3) is 0.500. The van der Waals surface area contributed by atoms with Gasteiger partial charge in [0.2, 0.25) is 10.0 Å². The van der Waals surface area contributed by atoms with Gasteiger partial charge in [0.15, 0.2) is 11.5 Å². The summed E-state index contributed by atoms with van der Waals surface area (Å²) in [6.45, 7) is 2.56. The normalized spacial score (nSPS) is 25.1. The molecular weight excluding hydrogens is 310 g/mol. The van der Waals surface area contributed by atoms with Gasteiger partial charge in [-0.25, -0.2) is 8.42 Å². The summed E-state index contributed by atoms with van der Waals surface area (Å²) in [5.41, 5.74) is 0. The van der Waals surface area contributed by atoms with Crippen LogP contribution in [0.4, 0.5) is 0 Å². The van der Waals surface area contributed by atoms with Crippen LogP contribution in [0.25, 0.3) is 0 Å². The van der Waals surface area contributed by atoms with Gasteiger partial charge in [0.1, 0.15) is 18.1 Å². The highest BCUT2D eigenvalue weighted by atomic mass is 32.2. The first-order chi connectivity index (χ1) is 10.4. The largest absolute Gasteiger partial charge is 0.486 e. The van der Waals surface area contributed by atoms with Crippen molar-refractivity contribution in [2.24, 2.45) is 11.8 Å². The zero-order valence-corrected chi connectivity index (χ0v) is 12.9. The number of rotatable bonds is 3. The van der Waals surface area contributed by atoms with Crippen LogP contribution in [0.3, 0.4) is 0 Å². The van der Waals surface area contributed by atoms with Gasteiger partial charge in [0.25, 0.3) is 0 Å². The van der Waals surface area contributed by atoms with Gasteiger partial charge in [-0.3, -0.25) is 4.79 Å². The van der Waals surface area contributed by atoms with Gasteiger partial charge in [-0.15, -0.1) is 0 Å². The van der Waals surface area contributed by atoms with Crippen molar-refractivity contribution in [2.45, 2.75) is 11.8 Å². The first-order valence-corrected chi connectivity index (χ1v) is 8.47. The third-order valence-corrected chi connectivity index (χ3v) is 5.90. The van der Waals surface area contributed by atoms with Crippen LogP contribution in [0.1, 0.15) is 6.92 Å². The number of sulfonamides is 1. The van der Waals surface area contributed by atoms with E-state index >= 15 is 0 Å². The summed E-state index contributed by atoms with van der Waals surface area (Å²) in [6.07, 6.45) is 0. The zero-order valence-electron chi connectivity index (χ0n) is 12.1. The lowest BCUT2D eigenvalue weighted by molar-refractivity contribution is -0.142. The number of hydrogen-bond acceptors (Lipinski definition) is 5. The molecule has 0 unspecified atom stereocenters. The molecule has 8 heteroatoms. The number of para-hydroxylation sites is 1. The number of hydrogen-bond donors (Lipinski definition) is 1. The highest BCUT2D eigenvalue weighted by Gasteiger charge is 2.42. The Hall–Kier alpha value is -1.80. The van der Waals surface area contributed by atoms with E-state index in [2.05, 4.69) is 0 Å². The molecule has 120 valence electrons. The summed E-state index contributed by atoms with van der Waals surface area (Å²) >= 11 is 0. The van der Waals surface area contributed by atoms with Crippen molar-refractivity contribution in [2.75, 3.05) is 26.3 Å². The molecule has 2 atom stereocenters. The number of carboxylic acids is 1. The van der Waals surface area contributed by atoms with Gasteiger partial charge in [0, 0.05) is 13.1 Å². The van der Waals surface area contributed by atoms with Crippen molar-refractivity contribution in [3.63, 3.8) is 0 Å². The molecule has 0 bridgehead atoms. The molecule has 0 amide bonds. The Kier molecular flexibility index (Phi) is 3.73. The number of aliphatic carboxylic acids is 1. The summed E-state index contributed by atoms with van der Waals surface area (Å²) in [4.78, 5) is 11.2. The predicted octanol–water partition coefficient (Wildman–Crippen LogP) is 0.799. The topological polar surface area (TPSA) is 93.1 Å². The lowest BCUT2D eigenvalue weighted by atomic mass is 9.99. The Morgan fingerprint density at radius 2 is 2.00 bits per heavy atom. The Morgan fingerprint density at radius 1 is 1.27 bits per heavy atom. The zero-order chi connectivity index (χ0) is 15.9. The molecule has 0 saturated carbocycles. The van der Waals surface area contributed by atoms with E-state index < -0.39 is 21.9 Å². The van der Waals surface area contributed by atoms with Crippen molar-refractivity contribution in [3.05, 3.63) is 18.2 Å². The monoisotopic (exact) mass is 327 g/mol. The van der Waals surface area contributed by atoms with Crippen LogP contribution in [0.2, 0.25) is 0 Å². The molecule has 0 aliphatic carbocycles. The molecule has 1 saturated heterocycles. The van der Waals surface area contributed by atoms with Crippen LogP contribution >= 0.6 is 0 Å². The first kappa shape index (κ1) is 15.1. The molecule has 1 aromatic carbocycles. The van der Waals surface area contributed by atoms with Crippen LogP contribution in [-0.2, 0) is 14.8 Å². The molecule has 0 spiro atoms. The lowest BCUT2D eigenvalue weighted by Crippen LogP contribution is -2.31. The van der Waals surface area contributed by atoms with Crippen LogP contribution in [0, 0.1) is 11.8 Å². The second kappa shape index (κ2) is 5.44. The van der Waals surface area contributed by atoms with E-state index in [1.165, 1.54) is 10.4 Å². The quantitative estimate of drug-likeness (QED) is 0.882. The third kappa shape index (κ3) is 2.42. The van der Waals surface area contributed by atoms with Crippen molar-refractivity contribution < 1.29 is 27.8 Å². The molecule has 1 N–H and O–H groups in total. The second-order valence-electron chi connectivity index (χ2n) is 5.52. The molecule has 2 heterocycles. The predicted molar refractivity (Wildman–Crippen MR) is 76.5 cm³/mol. The molecule has 2 aliphatic heterocycles.